The van der Waals surface area contributed by atoms with E-state index in [1.165, 1.54) is 5.56 Å². The Bertz CT molecular complexity index is 1100. The minimum absolute atomic E-state index is 0.428. The Hall–Kier alpha value is -2.89. The van der Waals surface area contributed by atoms with Gasteiger partial charge in [0.1, 0.15) is 5.75 Å². The number of aromatic nitrogens is 4. The Labute approximate surface area is 178 Å². The SMILES string of the molecule is Clc1cccc(-c2nnnn2Cc2ccccc2OCCc2ccccc2)c1Cl. The number of hydrogen-bond acceptors (Lipinski definition) is 4. The van der Waals surface area contributed by atoms with Gasteiger partial charge in [0.15, 0.2) is 5.82 Å². The lowest BCUT2D eigenvalue weighted by Gasteiger charge is -2.12. The van der Waals surface area contributed by atoms with Crippen LogP contribution in [-0.2, 0) is 13.0 Å². The van der Waals surface area contributed by atoms with Crippen LogP contribution in [0.3, 0.4) is 0 Å². The first-order valence-corrected chi connectivity index (χ1v) is 9.93. The smallest absolute Gasteiger partial charge is 0.183 e. The molecule has 1 aromatic heterocycles. The lowest BCUT2D eigenvalue weighted by Crippen LogP contribution is -2.08. The number of ether oxygens (including phenoxy) is 1. The number of benzene rings is 3. The second kappa shape index (κ2) is 9.07. The molecule has 146 valence electrons. The zero-order chi connectivity index (χ0) is 20.1. The van der Waals surface area contributed by atoms with E-state index in [-0.39, 0.29) is 0 Å². The highest BCUT2D eigenvalue weighted by Crippen LogP contribution is 2.32. The fourth-order valence-corrected chi connectivity index (χ4v) is 3.43. The molecule has 0 N–H and O–H groups in total. The van der Waals surface area contributed by atoms with E-state index < -0.39 is 0 Å². The first-order valence-electron chi connectivity index (χ1n) is 9.17. The van der Waals surface area contributed by atoms with Crippen LogP contribution in [0.1, 0.15) is 11.1 Å². The molecule has 0 saturated heterocycles. The summed E-state index contributed by atoms with van der Waals surface area (Å²) in [5.74, 6) is 1.36. The molecule has 1 heterocycles. The average Bonchev–Trinajstić information content (AvgIpc) is 3.20. The summed E-state index contributed by atoms with van der Waals surface area (Å²) in [5, 5.41) is 13.0. The minimum Gasteiger partial charge on any atom is -0.493 e. The quantitative estimate of drug-likeness (QED) is 0.402. The lowest BCUT2D eigenvalue weighted by atomic mass is 10.1. The molecule has 0 unspecified atom stereocenters. The number of nitrogens with zero attached hydrogens (tertiary/aromatic N) is 4. The van der Waals surface area contributed by atoms with Crippen LogP contribution < -0.4 is 4.74 Å². The largest absolute Gasteiger partial charge is 0.493 e. The zero-order valence-electron chi connectivity index (χ0n) is 15.5. The maximum atomic E-state index is 6.35. The van der Waals surface area contributed by atoms with Gasteiger partial charge in [0.2, 0.25) is 0 Å². The Morgan fingerprint density at radius 3 is 2.52 bits per heavy atom. The van der Waals surface area contributed by atoms with Crippen LogP contribution in [0.15, 0.2) is 72.8 Å². The highest BCUT2D eigenvalue weighted by atomic mass is 35.5. The second-order valence-electron chi connectivity index (χ2n) is 6.45. The van der Waals surface area contributed by atoms with Crippen LogP contribution in [0.25, 0.3) is 11.4 Å². The van der Waals surface area contributed by atoms with Gasteiger partial charge in [-0.15, -0.1) is 5.10 Å². The third-order valence-electron chi connectivity index (χ3n) is 4.51. The van der Waals surface area contributed by atoms with Crippen molar-refractivity contribution >= 4 is 23.2 Å². The molecule has 4 aromatic rings. The van der Waals surface area contributed by atoms with E-state index >= 15 is 0 Å². The van der Waals surface area contributed by atoms with Gasteiger partial charge in [0.25, 0.3) is 0 Å². The van der Waals surface area contributed by atoms with Crippen molar-refractivity contribution in [1.82, 2.24) is 20.2 Å². The Morgan fingerprint density at radius 1 is 0.862 bits per heavy atom. The van der Waals surface area contributed by atoms with Crippen LogP contribution in [0.4, 0.5) is 0 Å². The average molecular weight is 425 g/mol. The molecule has 4 rings (SSSR count). The molecule has 7 heteroatoms. The van der Waals surface area contributed by atoms with E-state index in [1.807, 2.05) is 54.6 Å². The van der Waals surface area contributed by atoms with Crippen molar-refractivity contribution in [1.29, 1.82) is 0 Å². The standard InChI is InChI=1S/C22H18Cl2N4O/c23-19-11-6-10-18(21(19)24)22-25-26-27-28(22)15-17-9-4-5-12-20(17)29-14-13-16-7-2-1-3-8-16/h1-12H,13-15H2. The maximum Gasteiger partial charge on any atom is 0.183 e. The van der Waals surface area contributed by atoms with E-state index in [0.29, 0.717) is 34.6 Å². The van der Waals surface area contributed by atoms with Crippen molar-refractivity contribution in [2.75, 3.05) is 6.61 Å². The van der Waals surface area contributed by atoms with E-state index in [9.17, 15) is 0 Å². The number of halogens is 2. The molecule has 0 atom stereocenters. The molecule has 0 aliphatic carbocycles. The predicted octanol–water partition coefficient (Wildman–Crippen LogP) is 5.32. The third-order valence-corrected chi connectivity index (χ3v) is 5.33. The highest BCUT2D eigenvalue weighted by Gasteiger charge is 2.16. The van der Waals surface area contributed by atoms with Crippen molar-refractivity contribution in [2.24, 2.45) is 0 Å². The lowest BCUT2D eigenvalue weighted by molar-refractivity contribution is 0.317. The van der Waals surface area contributed by atoms with Gasteiger partial charge < -0.3 is 4.74 Å². The van der Waals surface area contributed by atoms with Crippen LogP contribution in [0.2, 0.25) is 10.0 Å². The van der Waals surface area contributed by atoms with Crippen molar-refractivity contribution in [2.45, 2.75) is 13.0 Å². The molecular formula is C22H18Cl2N4O. The molecule has 0 spiro atoms. The molecular weight excluding hydrogens is 407 g/mol. The normalized spacial score (nSPS) is 10.8. The van der Waals surface area contributed by atoms with Gasteiger partial charge in [0, 0.05) is 17.5 Å². The number of rotatable bonds is 7. The van der Waals surface area contributed by atoms with Crippen molar-refractivity contribution < 1.29 is 4.74 Å². The molecule has 3 aromatic carbocycles. The van der Waals surface area contributed by atoms with Gasteiger partial charge in [-0.05, 0) is 34.2 Å². The zero-order valence-corrected chi connectivity index (χ0v) is 17.0. The molecule has 0 aliphatic rings. The molecule has 29 heavy (non-hydrogen) atoms. The summed E-state index contributed by atoms with van der Waals surface area (Å²) in [6.45, 7) is 1.04. The monoisotopic (exact) mass is 424 g/mol. The number of tetrazole rings is 1. The van der Waals surface area contributed by atoms with Crippen LogP contribution in [0.5, 0.6) is 5.75 Å². The number of hydrogen-bond donors (Lipinski definition) is 0. The summed E-state index contributed by atoms with van der Waals surface area (Å²) in [7, 11) is 0. The van der Waals surface area contributed by atoms with Gasteiger partial charge >= 0.3 is 0 Å². The minimum atomic E-state index is 0.428. The molecule has 0 fully saturated rings. The highest BCUT2D eigenvalue weighted by molar-refractivity contribution is 6.43. The first-order chi connectivity index (χ1) is 14.2. The van der Waals surface area contributed by atoms with E-state index in [0.717, 1.165) is 17.7 Å². The van der Waals surface area contributed by atoms with E-state index in [1.54, 1.807) is 10.7 Å². The molecule has 0 saturated carbocycles. The molecule has 0 radical (unpaired) electrons. The molecule has 5 nitrogen and oxygen atoms in total. The van der Waals surface area contributed by atoms with Crippen LogP contribution in [0, 0.1) is 0 Å². The topological polar surface area (TPSA) is 52.8 Å². The van der Waals surface area contributed by atoms with Gasteiger partial charge in [-0.2, -0.15) is 0 Å². The Kier molecular flexibility index (Phi) is 6.08. The van der Waals surface area contributed by atoms with Crippen molar-refractivity contribution in [3.8, 4) is 17.1 Å². The predicted molar refractivity (Wildman–Crippen MR) is 114 cm³/mol. The Balaban J connectivity index is 1.52. The van der Waals surface area contributed by atoms with Crippen LogP contribution in [-0.4, -0.2) is 26.8 Å². The van der Waals surface area contributed by atoms with Gasteiger partial charge in [-0.3, -0.25) is 0 Å². The van der Waals surface area contributed by atoms with Crippen molar-refractivity contribution in [3.05, 3.63) is 94.0 Å². The molecule has 0 aliphatic heterocycles. The van der Waals surface area contributed by atoms with E-state index in [2.05, 4.69) is 27.7 Å². The summed E-state index contributed by atoms with van der Waals surface area (Å²) in [5.41, 5.74) is 2.90. The van der Waals surface area contributed by atoms with Gasteiger partial charge in [-0.1, -0.05) is 77.8 Å². The Morgan fingerprint density at radius 2 is 1.66 bits per heavy atom. The summed E-state index contributed by atoms with van der Waals surface area (Å²) in [4.78, 5) is 0. The summed E-state index contributed by atoms with van der Waals surface area (Å²) >= 11 is 12.5. The summed E-state index contributed by atoms with van der Waals surface area (Å²) < 4.78 is 7.74. The maximum absolute atomic E-state index is 6.35. The fourth-order valence-electron chi connectivity index (χ4n) is 3.04. The summed E-state index contributed by atoms with van der Waals surface area (Å²) in [6, 6.07) is 23.5. The first kappa shape index (κ1) is 19.4. The van der Waals surface area contributed by atoms with Gasteiger partial charge in [0.05, 0.1) is 23.2 Å². The molecule has 0 bridgehead atoms. The van der Waals surface area contributed by atoms with Gasteiger partial charge in [-0.25, -0.2) is 4.68 Å². The second-order valence-corrected chi connectivity index (χ2v) is 7.24. The fraction of sp³-hybridized carbons (Fsp3) is 0.136. The third kappa shape index (κ3) is 4.58. The van der Waals surface area contributed by atoms with Crippen molar-refractivity contribution in [3.63, 3.8) is 0 Å². The molecule has 0 amide bonds. The summed E-state index contributed by atoms with van der Waals surface area (Å²) in [6.07, 6.45) is 0.837. The number of para-hydroxylation sites is 1. The van der Waals surface area contributed by atoms with Crippen LogP contribution >= 0.6 is 23.2 Å². The van der Waals surface area contributed by atoms with E-state index in [4.69, 9.17) is 27.9 Å².